The van der Waals surface area contributed by atoms with Gasteiger partial charge >= 0.3 is 0 Å². The molecule has 34 heavy (non-hydrogen) atoms. The van der Waals surface area contributed by atoms with E-state index >= 15 is 0 Å². The summed E-state index contributed by atoms with van der Waals surface area (Å²) in [7, 11) is 0. The number of carbonyl (C=O) groups is 2. The predicted molar refractivity (Wildman–Crippen MR) is 131 cm³/mol. The number of nitrogens with zero attached hydrogens (tertiary/aromatic N) is 3. The average Bonchev–Trinajstić information content (AvgIpc) is 3.40. The molecule has 0 atom stereocenters. The Hall–Kier alpha value is -3.53. The lowest BCUT2D eigenvalue weighted by molar-refractivity contribution is 0.101. The van der Waals surface area contributed by atoms with Crippen molar-refractivity contribution >= 4 is 44.5 Å². The number of anilines is 2. The van der Waals surface area contributed by atoms with E-state index in [9.17, 15) is 20.1 Å². The lowest BCUT2D eigenvalue weighted by Crippen LogP contribution is -2.16. The fourth-order valence-corrected chi connectivity index (χ4v) is 7.02. The van der Waals surface area contributed by atoms with Crippen LogP contribution in [0.4, 0.5) is 10.0 Å². The highest BCUT2D eigenvalue weighted by Crippen LogP contribution is 2.39. The molecule has 0 aliphatic heterocycles. The van der Waals surface area contributed by atoms with Crippen LogP contribution in [0.5, 0.6) is 0 Å². The van der Waals surface area contributed by atoms with Crippen molar-refractivity contribution in [3.63, 3.8) is 0 Å². The third-order valence-corrected chi connectivity index (χ3v) is 8.69. The summed E-state index contributed by atoms with van der Waals surface area (Å²) in [6, 6.07) is 7.51. The number of fused-ring (bicyclic) bond motifs is 2. The summed E-state index contributed by atoms with van der Waals surface area (Å²) in [5.41, 5.74) is 3.69. The van der Waals surface area contributed by atoms with E-state index in [1.807, 2.05) is 0 Å². The minimum atomic E-state index is -0.417. The van der Waals surface area contributed by atoms with Crippen molar-refractivity contribution in [2.45, 2.75) is 51.4 Å². The number of amides is 2. The van der Waals surface area contributed by atoms with E-state index in [0.29, 0.717) is 26.7 Å². The molecule has 3 aromatic rings. The molecule has 0 unspecified atom stereocenters. The van der Waals surface area contributed by atoms with Crippen LogP contribution < -0.4 is 10.6 Å². The molecule has 2 aliphatic rings. The Morgan fingerprint density at radius 3 is 1.82 bits per heavy atom. The van der Waals surface area contributed by atoms with Crippen molar-refractivity contribution in [1.82, 2.24) is 4.98 Å². The second-order valence-corrected chi connectivity index (χ2v) is 10.6. The van der Waals surface area contributed by atoms with Crippen molar-refractivity contribution in [3.8, 4) is 12.1 Å². The van der Waals surface area contributed by atoms with Gasteiger partial charge in [-0.05, 0) is 74.6 Å². The maximum absolute atomic E-state index is 12.8. The number of aromatic nitrogens is 1. The Morgan fingerprint density at radius 2 is 1.32 bits per heavy atom. The number of rotatable bonds is 4. The number of nitriles is 2. The highest BCUT2D eigenvalue weighted by Gasteiger charge is 2.24. The fraction of sp³-hybridized carbons (Fsp3) is 0.320. The molecule has 0 aromatic carbocycles. The molecule has 2 aliphatic carbocycles. The summed E-state index contributed by atoms with van der Waals surface area (Å²) in [4.78, 5) is 32.0. The Balaban J connectivity index is 1.30. The van der Waals surface area contributed by atoms with Gasteiger partial charge in [0.15, 0.2) is 0 Å². The van der Waals surface area contributed by atoms with Crippen LogP contribution in [0.3, 0.4) is 0 Å². The first-order chi connectivity index (χ1) is 16.6. The summed E-state index contributed by atoms with van der Waals surface area (Å²) in [5.74, 6) is -0.785. The van der Waals surface area contributed by atoms with E-state index in [2.05, 4.69) is 27.8 Å². The van der Waals surface area contributed by atoms with Gasteiger partial charge in [0.1, 0.15) is 27.8 Å². The zero-order valence-corrected chi connectivity index (χ0v) is 20.0. The third-order valence-electron chi connectivity index (χ3n) is 6.28. The molecule has 0 bridgehead atoms. The van der Waals surface area contributed by atoms with E-state index < -0.39 is 5.91 Å². The zero-order valence-electron chi connectivity index (χ0n) is 18.4. The summed E-state index contributed by atoms with van der Waals surface area (Å²) < 4.78 is 0. The number of hydrogen-bond acceptors (Lipinski definition) is 7. The van der Waals surface area contributed by atoms with Gasteiger partial charge in [-0.15, -0.1) is 22.7 Å². The zero-order chi connectivity index (χ0) is 23.7. The van der Waals surface area contributed by atoms with Crippen molar-refractivity contribution in [1.29, 1.82) is 10.5 Å². The first kappa shape index (κ1) is 22.3. The minimum Gasteiger partial charge on any atom is -0.312 e. The monoisotopic (exact) mass is 487 g/mol. The maximum atomic E-state index is 12.8. The standard InChI is InChI=1S/C25H21N5O2S2/c26-11-17-15-5-1-3-7-20(15)33-24(17)29-22(31)14-9-10-19(28-13-14)23(32)30-25-18(12-27)16-6-2-4-8-21(16)34-25/h9-10,13H,1-8H2,(H,29,31)(H,30,32). The van der Waals surface area contributed by atoms with Crippen molar-refractivity contribution < 1.29 is 9.59 Å². The first-order valence-electron chi connectivity index (χ1n) is 11.3. The molecule has 170 valence electrons. The topological polar surface area (TPSA) is 119 Å². The Bertz CT molecular complexity index is 1270. The molecule has 5 rings (SSSR count). The molecule has 0 saturated carbocycles. The van der Waals surface area contributed by atoms with Crippen LogP contribution in [0.25, 0.3) is 0 Å². The van der Waals surface area contributed by atoms with Crippen molar-refractivity contribution in [2.24, 2.45) is 0 Å². The predicted octanol–water partition coefficient (Wildman–Crippen LogP) is 5.21. The summed E-state index contributed by atoms with van der Waals surface area (Å²) >= 11 is 2.93. The summed E-state index contributed by atoms with van der Waals surface area (Å²) in [6.07, 6.45) is 9.29. The molecule has 0 saturated heterocycles. The number of hydrogen-bond donors (Lipinski definition) is 2. The van der Waals surface area contributed by atoms with E-state index in [0.717, 1.165) is 62.5 Å². The van der Waals surface area contributed by atoms with E-state index in [-0.39, 0.29) is 11.6 Å². The van der Waals surface area contributed by atoms with E-state index in [4.69, 9.17) is 0 Å². The number of carbonyl (C=O) groups excluding carboxylic acids is 2. The molecule has 2 N–H and O–H groups in total. The molecule has 9 heteroatoms. The van der Waals surface area contributed by atoms with Crippen LogP contribution in [0.15, 0.2) is 18.3 Å². The molecular weight excluding hydrogens is 466 g/mol. The summed E-state index contributed by atoms with van der Waals surface area (Å²) in [6.45, 7) is 0. The molecule has 0 fully saturated rings. The third kappa shape index (κ3) is 4.09. The number of pyridine rings is 1. The first-order valence-corrected chi connectivity index (χ1v) is 12.9. The van der Waals surface area contributed by atoms with Gasteiger partial charge in [-0.3, -0.25) is 14.6 Å². The van der Waals surface area contributed by atoms with Crippen molar-refractivity contribution in [3.05, 3.63) is 61.6 Å². The minimum absolute atomic E-state index is 0.163. The van der Waals surface area contributed by atoms with Crippen LogP contribution in [0, 0.1) is 22.7 Å². The molecular formula is C25H21N5O2S2. The molecule has 0 spiro atoms. The van der Waals surface area contributed by atoms with Gasteiger partial charge < -0.3 is 10.6 Å². The highest BCUT2D eigenvalue weighted by atomic mass is 32.1. The van der Waals surface area contributed by atoms with E-state index in [1.165, 1.54) is 44.7 Å². The molecule has 3 heterocycles. The van der Waals surface area contributed by atoms with Crippen LogP contribution >= 0.6 is 22.7 Å². The lowest BCUT2D eigenvalue weighted by atomic mass is 9.96. The van der Waals surface area contributed by atoms with Crippen LogP contribution in [0.2, 0.25) is 0 Å². The Labute approximate surface area is 205 Å². The largest absolute Gasteiger partial charge is 0.312 e. The smallest absolute Gasteiger partial charge is 0.274 e. The normalized spacial score (nSPS) is 14.3. The van der Waals surface area contributed by atoms with Crippen LogP contribution in [0.1, 0.15) is 78.5 Å². The van der Waals surface area contributed by atoms with Crippen LogP contribution in [-0.4, -0.2) is 16.8 Å². The highest BCUT2D eigenvalue weighted by molar-refractivity contribution is 7.17. The fourth-order valence-electron chi connectivity index (χ4n) is 4.55. The van der Waals surface area contributed by atoms with Gasteiger partial charge in [-0.2, -0.15) is 10.5 Å². The number of nitrogens with one attached hydrogen (secondary N) is 2. The van der Waals surface area contributed by atoms with Gasteiger partial charge in [-0.25, -0.2) is 0 Å². The van der Waals surface area contributed by atoms with E-state index in [1.54, 1.807) is 6.07 Å². The quantitative estimate of drug-likeness (QED) is 0.524. The van der Waals surface area contributed by atoms with Crippen molar-refractivity contribution in [2.75, 3.05) is 10.6 Å². The van der Waals surface area contributed by atoms with Crippen LogP contribution in [-0.2, 0) is 25.7 Å². The SMILES string of the molecule is N#Cc1c(NC(=O)c2ccc(C(=O)Nc3sc4c(c3C#N)CCCC4)nc2)sc2c1CCCC2. The van der Waals surface area contributed by atoms with Gasteiger partial charge in [0.2, 0.25) is 0 Å². The maximum Gasteiger partial charge on any atom is 0.274 e. The van der Waals surface area contributed by atoms with Gasteiger partial charge in [-0.1, -0.05) is 0 Å². The molecule has 0 radical (unpaired) electrons. The second-order valence-electron chi connectivity index (χ2n) is 8.39. The number of thiophene rings is 2. The molecule has 7 nitrogen and oxygen atoms in total. The molecule has 2 amide bonds. The van der Waals surface area contributed by atoms with Gasteiger partial charge in [0.05, 0.1) is 16.7 Å². The van der Waals surface area contributed by atoms with Gasteiger partial charge in [0.25, 0.3) is 11.8 Å². The Kier molecular flexibility index (Phi) is 6.14. The average molecular weight is 488 g/mol. The Morgan fingerprint density at radius 1 is 0.794 bits per heavy atom. The number of aryl methyl sites for hydroxylation is 2. The van der Waals surface area contributed by atoms with Gasteiger partial charge in [0, 0.05) is 16.0 Å². The lowest BCUT2D eigenvalue weighted by Gasteiger charge is -2.09. The molecule has 3 aromatic heterocycles. The summed E-state index contributed by atoms with van der Waals surface area (Å²) in [5, 5.41) is 26.0. The second kappa shape index (κ2) is 9.38.